The molecular formula is C12H16N2O6. The van der Waals surface area contributed by atoms with E-state index in [-0.39, 0.29) is 17.1 Å². The summed E-state index contributed by atoms with van der Waals surface area (Å²) < 4.78 is 15.4. The maximum absolute atomic E-state index is 11.9. The van der Waals surface area contributed by atoms with Gasteiger partial charge < -0.3 is 19.9 Å². The van der Waals surface area contributed by atoms with Gasteiger partial charge in [-0.05, 0) is 12.1 Å². The van der Waals surface area contributed by atoms with Crippen LogP contribution in [0.3, 0.4) is 0 Å². The lowest BCUT2D eigenvalue weighted by molar-refractivity contribution is -0.124. The summed E-state index contributed by atoms with van der Waals surface area (Å²) in [7, 11) is 4.27. The number of amides is 2. The Labute approximate surface area is 115 Å². The third-order valence-corrected chi connectivity index (χ3v) is 2.33. The maximum atomic E-state index is 11.9. The second-order valence-electron chi connectivity index (χ2n) is 3.57. The van der Waals surface area contributed by atoms with Gasteiger partial charge in [0.25, 0.3) is 5.91 Å². The van der Waals surface area contributed by atoms with Crippen molar-refractivity contribution in [2.24, 2.45) is 5.73 Å². The summed E-state index contributed by atoms with van der Waals surface area (Å²) in [5.74, 6) is -0.433. The summed E-state index contributed by atoms with van der Waals surface area (Å²) >= 11 is 0. The first-order valence-corrected chi connectivity index (χ1v) is 5.54. The number of primary amides is 1. The van der Waals surface area contributed by atoms with Crippen molar-refractivity contribution in [1.82, 2.24) is 5.48 Å². The summed E-state index contributed by atoms with van der Waals surface area (Å²) in [6.07, 6.45) is 0. The van der Waals surface area contributed by atoms with E-state index in [0.717, 1.165) is 0 Å². The van der Waals surface area contributed by atoms with Gasteiger partial charge in [0.05, 0.1) is 26.9 Å². The van der Waals surface area contributed by atoms with Crippen LogP contribution in [0.4, 0.5) is 0 Å². The van der Waals surface area contributed by atoms with Crippen molar-refractivity contribution in [1.29, 1.82) is 0 Å². The van der Waals surface area contributed by atoms with Crippen LogP contribution in [0.15, 0.2) is 12.1 Å². The molecule has 0 atom stereocenters. The van der Waals surface area contributed by atoms with Gasteiger partial charge in [-0.3, -0.25) is 14.4 Å². The van der Waals surface area contributed by atoms with E-state index < -0.39 is 18.4 Å². The molecule has 0 bridgehead atoms. The number of hydrogen-bond acceptors (Lipinski definition) is 6. The van der Waals surface area contributed by atoms with Crippen molar-refractivity contribution >= 4 is 11.8 Å². The van der Waals surface area contributed by atoms with E-state index in [2.05, 4.69) is 10.3 Å². The van der Waals surface area contributed by atoms with Gasteiger partial charge in [0, 0.05) is 0 Å². The fourth-order valence-corrected chi connectivity index (χ4v) is 1.51. The Morgan fingerprint density at radius 1 is 1.10 bits per heavy atom. The smallest absolute Gasteiger partial charge is 0.278 e. The van der Waals surface area contributed by atoms with Crippen molar-refractivity contribution in [3.05, 3.63) is 17.7 Å². The van der Waals surface area contributed by atoms with Crippen LogP contribution in [0.1, 0.15) is 10.4 Å². The Morgan fingerprint density at radius 3 is 2.25 bits per heavy atom. The van der Waals surface area contributed by atoms with Gasteiger partial charge in [-0.15, -0.1) is 0 Å². The SMILES string of the molecule is COc1ccc(C(=O)NOCC(N)=O)c(OC)c1OC. The molecule has 0 unspecified atom stereocenters. The number of methoxy groups -OCH3 is 3. The highest BCUT2D eigenvalue weighted by atomic mass is 16.7. The maximum Gasteiger partial charge on any atom is 0.278 e. The van der Waals surface area contributed by atoms with Crippen LogP contribution in [0.25, 0.3) is 0 Å². The van der Waals surface area contributed by atoms with Gasteiger partial charge in [0.15, 0.2) is 18.1 Å². The van der Waals surface area contributed by atoms with E-state index in [4.69, 9.17) is 19.9 Å². The number of ether oxygens (including phenoxy) is 3. The molecule has 0 heterocycles. The molecule has 0 saturated heterocycles. The van der Waals surface area contributed by atoms with Gasteiger partial charge >= 0.3 is 0 Å². The third-order valence-electron chi connectivity index (χ3n) is 2.33. The largest absolute Gasteiger partial charge is 0.493 e. The molecule has 0 radical (unpaired) electrons. The molecule has 0 saturated carbocycles. The molecule has 1 aromatic carbocycles. The first kappa shape index (κ1) is 15.6. The zero-order valence-electron chi connectivity index (χ0n) is 11.4. The monoisotopic (exact) mass is 284 g/mol. The third kappa shape index (κ3) is 3.51. The summed E-state index contributed by atoms with van der Waals surface area (Å²) in [4.78, 5) is 27.1. The lowest BCUT2D eigenvalue weighted by atomic mass is 10.1. The average Bonchev–Trinajstić information content (AvgIpc) is 2.44. The van der Waals surface area contributed by atoms with Crippen LogP contribution in [0.5, 0.6) is 17.2 Å². The van der Waals surface area contributed by atoms with E-state index in [1.54, 1.807) is 6.07 Å². The molecule has 0 aliphatic heterocycles. The van der Waals surface area contributed by atoms with Crippen molar-refractivity contribution in [2.45, 2.75) is 0 Å². The van der Waals surface area contributed by atoms with Crippen LogP contribution in [-0.4, -0.2) is 39.8 Å². The molecule has 110 valence electrons. The first-order valence-electron chi connectivity index (χ1n) is 5.54. The highest BCUT2D eigenvalue weighted by Gasteiger charge is 2.20. The van der Waals surface area contributed by atoms with Gasteiger partial charge in [-0.25, -0.2) is 5.48 Å². The van der Waals surface area contributed by atoms with Crippen LogP contribution < -0.4 is 25.4 Å². The van der Waals surface area contributed by atoms with E-state index in [1.165, 1.54) is 27.4 Å². The molecule has 8 nitrogen and oxygen atoms in total. The number of nitrogens with two attached hydrogens (primary N) is 1. The fraction of sp³-hybridized carbons (Fsp3) is 0.333. The number of benzene rings is 1. The van der Waals surface area contributed by atoms with Crippen LogP contribution in [0.2, 0.25) is 0 Å². The normalized spacial score (nSPS) is 9.75. The number of carbonyl (C=O) groups excluding carboxylic acids is 2. The Balaban J connectivity index is 2.99. The average molecular weight is 284 g/mol. The molecule has 1 rings (SSSR count). The van der Waals surface area contributed by atoms with E-state index in [0.29, 0.717) is 5.75 Å². The van der Waals surface area contributed by atoms with Gasteiger partial charge in [-0.1, -0.05) is 0 Å². The Morgan fingerprint density at radius 2 is 1.75 bits per heavy atom. The zero-order chi connectivity index (χ0) is 15.1. The van der Waals surface area contributed by atoms with Gasteiger partial charge in [0.1, 0.15) is 0 Å². The van der Waals surface area contributed by atoms with Gasteiger partial charge in [0.2, 0.25) is 11.7 Å². The lowest BCUT2D eigenvalue weighted by Crippen LogP contribution is -2.29. The molecule has 0 spiro atoms. The summed E-state index contributed by atoms with van der Waals surface area (Å²) in [6.45, 7) is -0.429. The Hall–Kier alpha value is -2.48. The Kier molecular flexibility index (Phi) is 5.60. The predicted octanol–water partition coefficient (Wildman–Crippen LogP) is -0.141. The van der Waals surface area contributed by atoms with E-state index >= 15 is 0 Å². The minimum Gasteiger partial charge on any atom is -0.493 e. The van der Waals surface area contributed by atoms with Gasteiger partial charge in [-0.2, -0.15) is 0 Å². The minimum absolute atomic E-state index is 0.162. The predicted molar refractivity (Wildman–Crippen MR) is 68.7 cm³/mol. The van der Waals surface area contributed by atoms with Crippen molar-refractivity contribution < 1.29 is 28.6 Å². The lowest BCUT2D eigenvalue weighted by Gasteiger charge is -2.15. The van der Waals surface area contributed by atoms with Crippen LogP contribution in [-0.2, 0) is 9.63 Å². The van der Waals surface area contributed by atoms with Crippen molar-refractivity contribution in [3.8, 4) is 17.2 Å². The number of nitrogens with one attached hydrogen (secondary N) is 1. The number of hydroxylamine groups is 1. The van der Waals surface area contributed by atoms with Crippen LogP contribution in [0, 0.1) is 0 Å². The number of rotatable bonds is 7. The molecule has 0 aromatic heterocycles. The highest BCUT2D eigenvalue weighted by Crippen LogP contribution is 2.39. The zero-order valence-corrected chi connectivity index (χ0v) is 11.4. The molecule has 0 aliphatic carbocycles. The second-order valence-corrected chi connectivity index (χ2v) is 3.57. The molecule has 3 N–H and O–H groups in total. The fourth-order valence-electron chi connectivity index (χ4n) is 1.51. The van der Waals surface area contributed by atoms with Crippen molar-refractivity contribution in [3.63, 3.8) is 0 Å². The van der Waals surface area contributed by atoms with E-state index in [9.17, 15) is 9.59 Å². The van der Waals surface area contributed by atoms with Crippen LogP contribution >= 0.6 is 0 Å². The molecular weight excluding hydrogens is 268 g/mol. The quantitative estimate of drug-likeness (QED) is 0.674. The molecule has 2 amide bonds. The van der Waals surface area contributed by atoms with Crippen molar-refractivity contribution in [2.75, 3.05) is 27.9 Å². The first-order chi connectivity index (χ1) is 9.54. The molecule has 1 aromatic rings. The van der Waals surface area contributed by atoms with E-state index in [1.807, 2.05) is 0 Å². The highest BCUT2D eigenvalue weighted by molar-refractivity contribution is 5.97. The number of carbonyl (C=O) groups is 2. The topological polar surface area (TPSA) is 109 Å². The molecule has 0 fully saturated rings. The molecule has 20 heavy (non-hydrogen) atoms. The summed E-state index contributed by atoms with van der Waals surface area (Å²) in [5, 5.41) is 0. The second kappa shape index (κ2) is 7.19. The summed E-state index contributed by atoms with van der Waals surface area (Å²) in [6, 6.07) is 3.02. The Bertz CT molecular complexity index is 503. The summed E-state index contributed by atoms with van der Waals surface area (Å²) in [5.41, 5.74) is 7.12. The molecule has 0 aliphatic rings. The minimum atomic E-state index is -0.704. The number of hydrogen-bond donors (Lipinski definition) is 2. The standard InChI is InChI=1S/C12H16N2O6/c1-17-8-5-4-7(10(18-2)11(8)19-3)12(16)14-20-6-9(13)15/h4-5H,6H2,1-3H3,(H2,13,15)(H,14,16). The molecule has 8 heteroatoms.